The topological polar surface area (TPSA) is 68.9 Å². The van der Waals surface area contributed by atoms with E-state index in [-0.39, 0.29) is 17.1 Å². The average Bonchev–Trinajstić information content (AvgIpc) is 2.44. The Morgan fingerprint density at radius 2 is 1.30 bits per heavy atom. The summed E-state index contributed by atoms with van der Waals surface area (Å²) in [7, 11) is -10.7. The summed E-state index contributed by atoms with van der Waals surface area (Å²) in [6.45, 7) is 16.3. The zero-order valence-electron chi connectivity index (χ0n) is 11.4. The van der Waals surface area contributed by atoms with E-state index in [1.54, 1.807) is 0 Å². The van der Waals surface area contributed by atoms with Gasteiger partial charge < -0.3 is 4.74 Å². The predicted octanol–water partition coefficient (Wildman–Crippen LogP) is 5.04. The summed E-state index contributed by atoms with van der Waals surface area (Å²) in [6, 6.07) is 0. The average molecular weight is 408 g/mol. The number of hydrogen-bond acceptors (Lipinski definition) is 1. The van der Waals surface area contributed by atoms with Crippen LogP contribution >= 0.6 is 7.81 Å². The molecule has 23 heavy (non-hydrogen) atoms. The van der Waals surface area contributed by atoms with E-state index >= 15 is 0 Å². The Hall–Kier alpha value is -0.291. The van der Waals surface area contributed by atoms with Gasteiger partial charge in [0.1, 0.15) is 6.10 Å². The second-order valence-corrected chi connectivity index (χ2v) is 4.77. The van der Waals surface area contributed by atoms with E-state index in [9.17, 15) is 25.2 Å². The molecule has 0 aromatic rings. The molecule has 0 amide bonds. The van der Waals surface area contributed by atoms with Gasteiger partial charge in [-0.1, -0.05) is 0 Å². The summed E-state index contributed by atoms with van der Waals surface area (Å²) in [4.78, 5) is 0. The SMILES string of the molecule is CCO[C]1[CH][CH][CH][CH]C1.F[P-](F)(F)(F)(F)F.[C-]#[O+].[C-]#[O+].[C-]#[O+].[Fe+2]. The molecule has 1 aliphatic rings. The minimum atomic E-state index is -10.7. The molecule has 0 aromatic heterocycles. The van der Waals surface area contributed by atoms with E-state index in [2.05, 4.69) is 26.4 Å². The van der Waals surface area contributed by atoms with Crippen molar-refractivity contribution in [2.75, 3.05) is 6.61 Å². The predicted molar refractivity (Wildman–Crippen MR) is 62.0 cm³/mol. The van der Waals surface area contributed by atoms with Gasteiger partial charge in [0, 0.05) is 13.0 Å². The van der Waals surface area contributed by atoms with Crippen molar-refractivity contribution in [3.05, 3.63) is 51.7 Å². The number of hydrogen-bond donors (Lipinski definition) is 0. The van der Waals surface area contributed by atoms with Gasteiger partial charge in [0.15, 0.2) is 0 Å². The summed E-state index contributed by atoms with van der Waals surface area (Å²) in [5.74, 6) is 0. The van der Waals surface area contributed by atoms with Crippen molar-refractivity contribution in [3.63, 3.8) is 0 Å². The first kappa shape index (κ1) is 34.1. The molecular weight excluding hydrogens is 397 g/mol. The van der Waals surface area contributed by atoms with Crippen LogP contribution in [0.5, 0.6) is 0 Å². The van der Waals surface area contributed by atoms with E-state index in [0.29, 0.717) is 0 Å². The van der Waals surface area contributed by atoms with Crippen molar-refractivity contribution < 1.29 is 60.9 Å². The molecular formula is C11H11F6FeO4P+. The van der Waals surface area contributed by atoms with E-state index < -0.39 is 7.81 Å². The summed E-state index contributed by atoms with van der Waals surface area (Å²) < 4.78 is 87.0. The molecule has 0 saturated heterocycles. The maximum absolute atomic E-state index is 10.7. The van der Waals surface area contributed by atoms with Crippen molar-refractivity contribution in [3.8, 4) is 0 Å². The fourth-order valence-corrected chi connectivity index (χ4v) is 0.786. The van der Waals surface area contributed by atoms with Gasteiger partial charge in [-0.25, -0.2) is 0 Å². The molecule has 0 bridgehead atoms. The van der Waals surface area contributed by atoms with Crippen LogP contribution in [-0.2, 0) is 35.8 Å². The smallest absolute Gasteiger partial charge is 2.00 e. The third-order valence-electron chi connectivity index (χ3n) is 1.18. The largest absolute Gasteiger partial charge is 2.00 e. The molecule has 0 heterocycles. The van der Waals surface area contributed by atoms with Gasteiger partial charge in [0.05, 0.1) is 0 Å². The van der Waals surface area contributed by atoms with E-state index in [1.165, 1.54) is 0 Å². The van der Waals surface area contributed by atoms with Gasteiger partial charge in [0.25, 0.3) is 0 Å². The Kier molecular flexibility index (Phi) is 22.6. The molecule has 0 N–H and O–H groups in total. The van der Waals surface area contributed by atoms with Gasteiger partial charge in [-0.15, -0.1) is 0 Å². The zero-order chi connectivity index (χ0) is 18.9. The first-order chi connectivity index (χ1) is 9.88. The fourth-order valence-electron chi connectivity index (χ4n) is 0.786. The Labute approximate surface area is 141 Å². The van der Waals surface area contributed by atoms with Crippen LogP contribution in [-0.4, -0.2) is 6.61 Å². The van der Waals surface area contributed by atoms with Gasteiger partial charge >= 0.3 is 84.0 Å². The monoisotopic (exact) mass is 408 g/mol. The standard InChI is InChI=1S/C8H11O.3CO.F6P.Fe/c1-2-9-8-6-4-3-5-7-8;3*1-2;1-7(2,3,4,5)6;/h3-6H,2,7H2,1H3;;;;;/q;;;;-1;+2. The minimum Gasteiger partial charge on any atom is 2.00 e. The molecule has 5 radical (unpaired) electrons. The normalized spacial score (nSPS) is 16.0. The van der Waals surface area contributed by atoms with E-state index in [1.807, 2.05) is 26.2 Å². The number of rotatable bonds is 2. The van der Waals surface area contributed by atoms with Crippen molar-refractivity contribution in [2.45, 2.75) is 13.3 Å². The molecule has 0 spiro atoms. The Bertz CT molecular complexity index is 293. The number of halogens is 6. The first-order valence-electron chi connectivity index (χ1n) is 4.88. The molecule has 12 heteroatoms. The van der Waals surface area contributed by atoms with Gasteiger partial charge in [-0.3, -0.25) is 0 Å². The molecule has 0 aromatic carbocycles. The van der Waals surface area contributed by atoms with Gasteiger partial charge in [-0.05, 0) is 32.6 Å². The molecule has 0 unspecified atom stereocenters. The third-order valence-corrected chi connectivity index (χ3v) is 1.18. The van der Waals surface area contributed by atoms with Crippen LogP contribution in [0.15, 0.2) is 0 Å². The Morgan fingerprint density at radius 1 is 0.957 bits per heavy atom. The molecule has 0 aliphatic heterocycles. The summed E-state index contributed by atoms with van der Waals surface area (Å²) in [5, 5.41) is 0. The van der Waals surface area contributed by atoms with Crippen LogP contribution in [0, 0.1) is 51.7 Å². The van der Waals surface area contributed by atoms with E-state index in [0.717, 1.165) is 19.1 Å². The van der Waals surface area contributed by atoms with Crippen molar-refractivity contribution >= 4 is 7.81 Å². The minimum absolute atomic E-state index is 0. The van der Waals surface area contributed by atoms with Gasteiger partial charge in [0.2, 0.25) is 0 Å². The summed E-state index contributed by atoms with van der Waals surface area (Å²) >= 11 is 0. The number of ether oxygens (including phenoxy) is 1. The molecule has 133 valence electrons. The molecule has 1 aliphatic carbocycles. The van der Waals surface area contributed by atoms with Crippen LogP contribution in [0.4, 0.5) is 25.2 Å². The molecule has 0 atom stereocenters. The quantitative estimate of drug-likeness (QED) is 0.208. The Balaban J connectivity index is -0.0000000696. The van der Waals surface area contributed by atoms with Crippen molar-refractivity contribution in [2.24, 2.45) is 0 Å². The summed E-state index contributed by atoms with van der Waals surface area (Å²) in [5.41, 5.74) is 0. The molecule has 4 nitrogen and oxygen atoms in total. The van der Waals surface area contributed by atoms with Crippen LogP contribution < -0.4 is 0 Å². The molecule has 1 fully saturated rings. The molecule has 1 saturated carbocycles. The third kappa shape index (κ3) is 73.5. The van der Waals surface area contributed by atoms with Crippen molar-refractivity contribution in [1.82, 2.24) is 0 Å². The van der Waals surface area contributed by atoms with Crippen molar-refractivity contribution in [1.29, 1.82) is 0 Å². The van der Waals surface area contributed by atoms with E-state index in [4.69, 9.17) is 18.7 Å². The molecule has 1 rings (SSSR count). The Morgan fingerprint density at radius 3 is 1.52 bits per heavy atom. The maximum Gasteiger partial charge on any atom is 2.00 e. The van der Waals surface area contributed by atoms with Crippen LogP contribution in [0.2, 0.25) is 0 Å². The second kappa shape index (κ2) is 15.2. The van der Waals surface area contributed by atoms with Crippen LogP contribution in [0.25, 0.3) is 0 Å². The van der Waals surface area contributed by atoms with Gasteiger partial charge in [-0.2, -0.15) is 0 Å². The fraction of sp³-hybridized carbons (Fsp3) is 0.273. The first-order valence-corrected chi connectivity index (χ1v) is 6.91. The maximum atomic E-state index is 9.87. The van der Waals surface area contributed by atoms with Crippen LogP contribution in [0.3, 0.4) is 0 Å². The van der Waals surface area contributed by atoms with Crippen LogP contribution in [0.1, 0.15) is 13.3 Å². The zero-order valence-corrected chi connectivity index (χ0v) is 13.4. The summed E-state index contributed by atoms with van der Waals surface area (Å²) in [6.07, 6.45) is 10.1. The second-order valence-electron chi connectivity index (χ2n) is 2.85.